The molecule has 0 amide bonds. The third kappa shape index (κ3) is 2.87. The van der Waals surface area contributed by atoms with E-state index in [1.54, 1.807) is 18.2 Å². The summed E-state index contributed by atoms with van der Waals surface area (Å²) in [5.41, 5.74) is 0.948. The maximum atomic E-state index is 9.05. The number of nitrogens with zero attached hydrogens (tertiary/aromatic N) is 3. The number of hydrogen-bond acceptors (Lipinski definition) is 5. The van der Waals surface area contributed by atoms with Gasteiger partial charge in [0.15, 0.2) is 16.7 Å². The molecule has 0 atom stereocenters. The first-order chi connectivity index (χ1) is 9.15. The summed E-state index contributed by atoms with van der Waals surface area (Å²) < 4.78 is 5.12. The van der Waals surface area contributed by atoms with Crippen LogP contribution in [0, 0.1) is 11.3 Å². The minimum absolute atomic E-state index is 0.181. The quantitative estimate of drug-likeness (QED) is 0.879. The molecule has 19 heavy (non-hydrogen) atoms. The minimum atomic E-state index is 0.181. The monoisotopic (exact) mass is 294 g/mol. The SMILES string of the molecule is COc1c(Cl)ncnc1Nc1cc(Cl)ccc1C#N. The first-order valence-corrected chi connectivity index (χ1v) is 5.92. The van der Waals surface area contributed by atoms with Gasteiger partial charge in [-0.1, -0.05) is 23.2 Å². The summed E-state index contributed by atoms with van der Waals surface area (Å²) in [5, 5.41) is 12.7. The van der Waals surface area contributed by atoms with Crippen LogP contribution in [0.1, 0.15) is 5.56 Å². The van der Waals surface area contributed by atoms with Crippen LogP contribution < -0.4 is 10.1 Å². The molecule has 1 heterocycles. The molecule has 5 nitrogen and oxygen atoms in total. The Balaban J connectivity index is 2.45. The van der Waals surface area contributed by atoms with E-state index in [-0.39, 0.29) is 5.15 Å². The third-order valence-electron chi connectivity index (χ3n) is 2.32. The first-order valence-electron chi connectivity index (χ1n) is 5.17. The topological polar surface area (TPSA) is 70.8 Å². The Labute approximate surface area is 119 Å². The highest BCUT2D eigenvalue weighted by Crippen LogP contribution is 2.32. The molecule has 2 rings (SSSR count). The highest BCUT2D eigenvalue weighted by molar-refractivity contribution is 6.31. The van der Waals surface area contributed by atoms with E-state index in [0.717, 1.165) is 0 Å². The number of hydrogen-bond donors (Lipinski definition) is 1. The second kappa shape index (κ2) is 5.74. The lowest BCUT2D eigenvalue weighted by atomic mass is 10.2. The van der Waals surface area contributed by atoms with Gasteiger partial charge in [-0.3, -0.25) is 0 Å². The maximum absolute atomic E-state index is 9.05. The van der Waals surface area contributed by atoms with E-state index >= 15 is 0 Å². The van der Waals surface area contributed by atoms with Crippen LogP contribution in [0.4, 0.5) is 11.5 Å². The van der Waals surface area contributed by atoms with Crippen LogP contribution in [0.5, 0.6) is 5.75 Å². The van der Waals surface area contributed by atoms with E-state index in [1.165, 1.54) is 13.4 Å². The lowest BCUT2D eigenvalue weighted by Gasteiger charge is -2.11. The summed E-state index contributed by atoms with van der Waals surface area (Å²) in [7, 11) is 1.46. The molecular weight excluding hydrogens is 287 g/mol. The fraction of sp³-hybridized carbons (Fsp3) is 0.0833. The molecule has 96 valence electrons. The molecule has 0 bridgehead atoms. The molecule has 0 fully saturated rings. The van der Waals surface area contributed by atoms with Gasteiger partial charge < -0.3 is 10.1 Å². The molecule has 0 aliphatic rings. The average Bonchev–Trinajstić information content (AvgIpc) is 2.39. The summed E-state index contributed by atoms with van der Waals surface area (Å²) in [5.74, 6) is 0.661. The van der Waals surface area contributed by atoms with Crippen molar-refractivity contribution < 1.29 is 4.74 Å². The van der Waals surface area contributed by atoms with Crippen LogP contribution >= 0.6 is 23.2 Å². The predicted octanol–water partition coefficient (Wildman–Crippen LogP) is 3.41. The van der Waals surface area contributed by atoms with Crippen molar-refractivity contribution in [1.29, 1.82) is 5.26 Å². The predicted molar refractivity (Wildman–Crippen MR) is 73.0 cm³/mol. The number of anilines is 2. The molecular formula is C12H8Cl2N4O. The van der Waals surface area contributed by atoms with E-state index in [1.807, 2.05) is 0 Å². The highest BCUT2D eigenvalue weighted by atomic mass is 35.5. The van der Waals surface area contributed by atoms with Gasteiger partial charge in [-0.2, -0.15) is 5.26 Å². The Kier molecular flexibility index (Phi) is 4.05. The summed E-state index contributed by atoms with van der Waals surface area (Å²) in [6.07, 6.45) is 1.30. The minimum Gasteiger partial charge on any atom is -0.490 e. The van der Waals surface area contributed by atoms with E-state index in [4.69, 9.17) is 33.2 Å². The van der Waals surface area contributed by atoms with Crippen molar-refractivity contribution in [1.82, 2.24) is 9.97 Å². The van der Waals surface area contributed by atoms with Gasteiger partial charge in [0, 0.05) is 5.02 Å². The molecule has 0 saturated heterocycles. The van der Waals surface area contributed by atoms with Crippen molar-refractivity contribution in [3.63, 3.8) is 0 Å². The Morgan fingerprint density at radius 2 is 2.11 bits per heavy atom. The number of nitrogens with one attached hydrogen (secondary N) is 1. The van der Waals surface area contributed by atoms with Gasteiger partial charge in [-0.05, 0) is 18.2 Å². The Bertz CT molecular complexity index is 655. The van der Waals surface area contributed by atoms with Crippen molar-refractivity contribution in [2.24, 2.45) is 0 Å². The smallest absolute Gasteiger partial charge is 0.199 e. The van der Waals surface area contributed by atoms with Gasteiger partial charge >= 0.3 is 0 Å². The van der Waals surface area contributed by atoms with Crippen LogP contribution in [-0.2, 0) is 0 Å². The lowest BCUT2D eigenvalue weighted by molar-refractivity contribution is 0.413. The van der Waals surface area contributed by atoms with Crippen LogP contribution in [0.15, 0.2) is 24.5 Å². The number of halogens is 2. The second-order valence-corrected chi connectivity index (χ2v) is 4.27. The number of benzene rings is 1. The van der Waals surface area contributed by atoms with Crippen molar-refractivity contribution in [2.45, 2.75) is 0 Å². The Morgan fingerprint density at radius 1 is 1.32 bits per heavy atom. The van der Waals surface area contributed by atoms with Gasteiger partial charge in [0.2, 0.25) is 0 Å². The molecule has 1 N–H and O–H groups in total. The van der Waals surface area contributed by atoms with Gasteiger partial charge in [0.1, 0.15) is 12.4 Å². The van der Waals surface area contributed by atoms with Gasteiger partial charge in [0.05, 0.1) is 18.4 Å². The summed E-state index contributed by atoms with van der Waals surface area (Å²) in [6, 6.07) is 6.92. The molecule has 1 aromatic carbocycles. The first kappa shape index (κ1) is 13.4. The second-order valence-electron chi connectivity index (χ2n) is 3.47. The van der Waals surface area contributed by atoms with Gasteiger partial charge in [-0.15, -0.1) is 0 Å². The number of rotatable bonds is 3. The average molecular weight is 295 g/mol. The number of nitriles is 1. The lowest BCUT2D eigenvalue weighted by Crippen LogP contribution is -2.00. The Hall–Kier alpha value is -2.03. The summed E-state index contributed by atoms with van der Waals surface area (Å²) in [6.45, 7) is 0. The van der Waals surface area contributed by atoms with Gasteiger partial charge in [0.25, 0.3) is 0 Å². The molecule has 0 aliphatic carbocycles. The summed E-state index contributed by atoms with van der Waals surface area (Å²) in [4.78, 5) is 7.84. The summed E-state index contributed by atoms with van der Waals surface area (Å²) >= 11 is 11.8. The highest BCUT2D eigenvalue weighted by Gasteiger charge is 2.12. The van der Waals surface area contributed by atoms with Gasteiger partial charge in [-0.25, -0.2) is 9.97 Å². The Morgan fingerprint density at radius 3 is 2.79 bits per heavy atom. The molecule has 0 saturated carbocycles. The zero-order chi connectivity index (χ0) is 13.8. The van der Waals surface area contributed by atoms with Crippen molar-refractivity contribution in [3.05, 3.63) is 40.3 Å². The fourth-order valence-corrected chi connectivity index (χ4v) is 1.85. The molecule has 0 spiro atoms. The largest absolute Gasteiger partial charge is 0.490 e. The molecule has 1 aromatic heterocycles. The fourth-order valence-electron chi connectivity index (χ4n) is 1.47. The molecule has 2 aromatic rings. The standard InChI is InChI=1S/C12H8Cl2N4O/c1-19-10-11(14)16-6-17-12(10)18-9-4-8(13)3-2-7(9)5-15/h2-4,6H,1H3,(H,16,17,18). The maximum Gasteiger partial charge on any atom is 0.199 e. The van der Waals surface area contributed by atoms with E-state index in [9.17, 15) is 0 Å². The van der Waals surface area contributed by atoms with E-state index < -0.39 is 0 Å². The zero-order valence-corrected chi connectivity index (χ0v) is 11.3. The third-order valence-corrected chi connectivity index (χ3v) is 2.82. The van der Waals surface area contributed by atoms with Crippen LogP contribution in [0.2, 0.25) is 10.2 Å². The molecule has 0 unspecified atom stereocenters. The van der Waals surface area contributed by atoms with Crippen LogP contribution in [0.25, 0.3) is 0 Å². The van der Waals surface area contributed by atoms with Crippen LogP contribution in [-0.4, -0.2) is 17.1 Å². The molecule has 0 aliphatic heterocycles. The number of methoxy groups -OCH3 is 1. The number of aromatic nitrogens is 2. The van der Waals surface area contributed by atoms with Crippen molar-refractivity contribution >= 4 is 34.7 Å². The van der Waals surface area contributed by atoms with Crippen molar-refractivity contribution in [2.75, 3.05) is 12.4 Å². The van der Waals surface area contributed by atoms with Crippen molar-refractivity contribution in [3.8, 4) is 11.8 Å². The number of ether oxygens (including phenoxy) is 1. The zero-order valence-electron chi connectivity index (χ0n) is 9.82. The molecule has 7 heteroatoms. The van der Waals surface area contributed by atoms with E-state index in [2.05, 4.69) is 21.4 Å². The van der Waals surface area contributed by atoms with E-state index in [0.29, 0.717) is 27.8 Å². The van der Waals surface area contributed by atoms with Crippen LogP contribution in [0.3, 0.4) is 0 Å². The normalized spacial score (nSPS) is 9.79. The molecule has 0 radical (unpaired) electrons.